The number of rotatable bonds is 2. The largest absolute Gasteiger partial charge is 0.407 e. The van der Waals surface area contributed by atoms with Gasteiger partial charge >= 0.3 is 6.18 Å². The fraction of sp³-hybridized carbons (Fsp3) is 0.250. The third kappa shape index (κ3) is 2.17. The Labute approximate surface area is 120 Å². The Morgan fingerprint density at radius 2 is 1.71 bits per heavy atom. The number of nitrogens with two attached hydrogens (primary N) is 1. The lowest BCUT2D eigenvalue weighted by Gasteiger charge is -2.16. The molecular weight excluding hydrogens is 277 g/mol. The molecule has 0 spiro atoms. The SMILES string of the molecule is CCn1c2ccccc2c2cc([C@@H](N)C(F)(F)F)ccc21. The van der Waals surface area contributed by atoms with Gasteiger partial charge in [0, 0.05) is 28.4 Å². The van der Waals surface area contributed by atoms with Gasteiger partial charge in [0.25, 0.3) is 0 Å². The maximum absolute atomic E-state index is 12.8. The number of hydrogen-bond donors (Lipinski definition) is 1. The lowest BCUT2D eigenvalue weighted by molar-refractivity contribution is -0.149. The summed E-state index contributed by atoms with van der Waals surface area (Å²) in [5.74, 6) is 0. The van der Waals surface area contributed by atoms with E-state index in [1.807, 2.05) is 31.2 Å². The van der Waals surface area contributed by atoms with Gasteiger partial charge in [0.15, 0.2) is 0 Å². The Bertz CT molecular complexity index is 802. The van der Waals surface area contributed by atoms with Gasteiger partial charge in [0.2, 0.25) is 0 Å². The molecule has 5 heteroatoms. The highest BCUT2D eigenvalue weighted by atomic mass is 19.4. The number of aryl methyl sites for hydroxylation is 1. The van der Waals surface area contributed by atoms with Gasteiger partial charge in [-0.25, -0.2) is 0 Å². The minimum atomic E-state index is -4.43. The fourth-order valence-electron chi connectivity index (χ4n) is 2.79. The molecule has 0 saturated heterocycles. The smallest absolute Gasteiger partial charge is 0.341 e. The van der Waals surface area contributed by atoms with Crippen LogP contribution in [0.5, 0.6) is 0 Å². The molecule has 2 N–H and O–H groups in total. The van der Waals surface area contributed by atoms with Gasteiger partial charge in [0.05, 0.1) is 0 Å². The van der Waals surface area contributed by atoms with Crippen molar-refractivity contribution in [3.8, 4) is 0 Å². The number of nitrogens with zero attached hydrogens (tertiary/aromatic N) is 1. The highest BCUT2D eigenvalue weighted by Crippen LogP contribution is 2.35. The van der Waals surface area contributed by atoms with E-state index in [0.717, 1.165) is 28.4 Å². The molecule has 21 heavy (non-hydrogen) atoms. The molecule has 0 unspecified atom stereocenters. The molecule has 0 aliphatic heterocycles. The van der Waals surface area contributed by atoms with Crippen LogP contribution in [-0.2, 0) is 6.54 Å². The van der Waals surface area contributed by atoms with Crippen molar-refractivity contribution < 1.29 is 13.2 Å². The topological polar surface area (TPSA) is 30.9 Å². The van der Waals surface area contributed by atoms with Gasteiger partial charge in [-0.1, -0.05) is 24.3 Å². The van der Waals surface area contributed by atoms with Crippen LogP contribution in [0.25, 0.3) is 21.8 Å². The molecule has 0 amide bonds. The zero-order chi connectivity index (χ0) is 15.2. The Morgan fingerprint density at radius 3 is 2.38 bits per heavy atom. The molecule has 0 fully saturated rings. The third-order valence-corrected chi connectivity index (χ3v) is 3.82. The van der Waals surface area contributed by atoms with Crippen molar-refractivity contribution in [2.24, 2.45) is 5.73 Å². The van der Waals surface area contributed by atoms with E-state index in [4.69, 9.17) is 5.73 Å². The number of para-hydroxylation sites is 1. The van der Waals surface area contributed by atoms with E-state index in [1.165, 1.54) is 6.07 Å². The second-order valence-corrected chi connectivity index (χ2v) is 5.06. The Morgan fingerprint density at radius 1 is 1.05 bits per heavy atom. The molecule has 0 aliphatic carbocycles. The number of hydrogen-bond acceptors (Lipinski definition) is 1. The molecule has 0 radical (unpaired) electrons. The van der Waals surface area contributed by atoms with Gasteiger partial charge in [0.1, 0.15) is 6.04 Å². The number of aromatic nitrogens is 1. The maximum atomic E-state index is 12.8. The third-order valence-electron chi connectivity index (χ3n) is 3.82. The molecule has 0 saturated carbocycles. The number of halogens is 3. The lowest BCUT2D eigenvalue weighted by Crippen LogP contribution is -2.28. The van der Waals surface area contributed by atoms with Gasteiger partial charge < -0.3 is 10.3 Å². The Hall–Kier alpha value is -2.01. The lowest BCUT2D eigenvalue weighted by atomic mass is 10.0. The summed E-state index contributed by atoms with van der Waals surface area (Å²) in [5.41, 5.74) is 7.35. The van der Waals surface area contributed by atoms with E-state index in [1.54, 1.807) is 12.1 Å². The molecule has 0 aliphatic rings. The minimum Gasteiger partial charge on any atom is -0.341 e. The molecule has 0 bridgehead atoms. The number of fused-ring (bicyclic) bond motifs is 3. The predicted molar refractivity (Wildman–Crippen MR) is 78.1 cm³/mol. The van der Waals surface area contributed by atoms with E-state index in [0.29, 0.717) is 0 Å². The zero-order valence-electron chi connectivity index (χ0n) is 11.5. The first-order valence-electron chi connectivity index (χ1n) is 6.76. The quantitative estimate of drug-likeness (QED) is 0.746. The van der Waals surface area contributed by atoms with Crippen molar-refractivity contribution in [3.63, 3.8) is 0 Å². The molecular formula is C16H15F3N2. The summed E-state index contributed by atoms with van der Waals surface area (Å²) in [5, 5.41) is 1.76. The van der Waals surface area contributed by atoms with Crippen LogP contribution in [0.2, 0.25) is 0 Å². The van der Waals surface area contributed by atoms with Crippen molar-refractivity contribution >= 4 is 21.8 Å². The number of alkyl halides is 3. The average Bonchev–Trinajstić information content (AvgIpc) is 2.78. The molecule has 1 atom stereocenters. The van der Waals surface area contributed by atoms with Crippen LogP contribution in [0.15, 0.2) is 42.5 Å². The molecule has 2 nitrogen and oxygen atoms in total. The van der Waals surface area contributed by atoms with Crippen molar-refractivity contribution in [1.29, 1.82) is 0 Å². The van der Waals surface area contributed by atoms with E-state index in [2.05, 4.69) is 4.57 Å². The standard InChI is InChI=1S/C16H15F3N2/c1-2-21-13-6-4-3-5-11(13)12-9-10(7-8-14(12)21)15(20)16(17,18)19/h3-9,15H,2,20H2,1H3/t15-/m1/s1. The van der Waals surface area contributed by atoms with E-state index in [-0.39, 0.29) is 5.56 Å². The van der Waals surface area contributed by atoms with Gasteiger partial charge in [-0.15, -0.1) is 0 Å². The monoisotopic (exact) mass is 292 g/mol. The molecule has 1 aromatic heterocycles. The van der Waals surface area contributed by atoms with Crippen LogP contribution in [0.1, 0.15) is 18.5 Å². The fourth-order valence-corrected chi connectivity index (χ4v) is 2.79. The van der Waals surface area contributed by atoms with Crippen molar-refractivity contribution in [2.45, 2.75) is 25.7 Å². The average molecular weight is 292 g/mol. The van der Waals surface area contributed by atoms with Crippen LogP contribution in [-0.4, -0.2) is 10.7 Å². The van der Waals surface area contributed by atoms with Crippen LogP contribution in [0.3, 0.4) is 0 Å². The van der Waals surface area contributed by atoms with Crippen LogP contribution < -0.4 is 5.73 Å². The summed E-state index contributed by atoms with van der Waals surface area (Å²) in [6.45, 7) is 2.77. The zero-order valence-corrected chi connectivity index (χ0v) is 11.5. The number of benzene rings is 2. The first-order chi connectivity index (χ1) is 9.93. The molecule has 3 rings (SSSR count). The molecule has 3 aromatic rings. The van der Waals surface area contributed by atoms with Gasteiger partial charge in [-0.2, -0.15) is 13.2 Å². The highest BCUT2D eigenvalue weighted by Gasteiger charge is 2.37. The maximum Gasteiger partial charge on any atom is 0.407 e. The summed E-state index contributed by atoms with van der Waals surface area (Å²) >= 11 is 0. The summed E-state index contributed by atoms with van der Waals surface area (Å²) in [4.78, 5) is 0. The van der Waals surface area contributed by atoms with Crippen LogP contribution in [0, 0.1) is 0 Å². The first-order valence-corrected chi connectivity index (χ1v) is 6.76. The summed E-state index contributed by atoms with van der Waals surface area (Å²) in [6.07, 6.45) is -4.43. The van der Waals surface area contributed by atoms with Gasteiger partial charge in [-0.3, -0.25) is 0 Å². The minimum absolute atomic E-state index is 0.0917. The van der Waals surface area contributed by atoms with Crippen molar-refractivity contribution in [2.75, 3.05) is 0 Å². The van der Waals surface area contributed by atoms with Crippen molar-refractivity contribution in [3.05, 3.63) is 48.0 Å². The predicted octanol–water partition coefficient (Wildman–Crippen LogP) is 4.38. The van der Waals surface area contributed by atoms with E-state index in [9.17, 15) is 13.2 Å². The van der Waals surface area contributed by atoms with E-state index >= 15 is 0 Å². The summed E-state index contributed by atoms with van der Waals surface area (Å²) < 4.78 is 40.5. The van der Waals surface area contributed by atoms with Crippen LogP contribution in [0.4, 0.5) is 13.2 Å². The van der Waals surface area contributed by atoms with Crippen LogP contribution >= 0.6 is 0 Å². The normalized spacial score (nSPS) is 14.0. The molecule has 1 heterocycles. The molecule has 110 valence electrons. The second kappa shape index (κ2) is 4.77. The van der Waals surface area contributed by atoms with E-state index < -0.39 is 12.2 Å². The van der Waals surface area contributed by atoms with Gasteiger partial charge in [-0.05, 0) is 30.7 Å². The Kier molecular flexibility index (Phi) is 3.17. The van der Waals surface area contributed by atoms with Crippen molar-refractivity contribution in [1.82, 2.24) is 4.57 Å². The molecule has 2 aromatic carbocycles. The Balaban J connectivity index is 2.29. The summed E-state index contributed by atoms with van der Waals surface area (Å²) in [7, 11) is 0. The highest BCUT2D eigenvalue weighted by molar-refractivity contribution is 6.08. The first kappa shape index (κ1) is 13.9. The summed E-state index contributed by atoms with van der Waals surface area (Å²) in [6, 6.07) is 10.5. The second-order valence-electron chi connectivity index (χ2n) is 5.06.